The van der Waals surface area contributed by atoms with E-state index in [1.54, 1.807) is 6.92 Å². The van der Waals surface area contributed by atoms with Gasteiger partial charge in [-0.25, -0.2) is 4.79 Å². The Bertz CT molecular complexity index is 784. The van der Waals surface area contributed by atoms with Gasteiger partial charge in [0.2, 0.25) is 0 Å². The molecular formula is C18H20F6N2O4. The first kappa shape index (κ1) is 22.5. The molecule has 1 aromatic carbocycles. The summed E-state index contributed by atoms with van der Waals surface area (Å²) in [6.45, 7) is -1.82. The maximum absolute atomic E-state index is 12.8. The highest BCUT2D eigenvalue weighted by atomic mass is 19.4. The third-order valence-corrected chi connectivity index (χ3v) is 4.96. The molecule has 3 rings (SSSR count). The first-order valence-corrected chi connectivity index (χ1v) is 8.95. The van der Waals surface area contributed by atoms with Crippen molar-refractivity contribution in [3.8, 4) is 5.75 Å². The second-order valence-corrected chi connectivity index (χ2v) is 7.86. The molecule has 0 unspecified atom stereocenters. The molecule has 30 heavy (non-hydrogen) atoms. The second kappa shape index (κ2) is 7.49. The number of anilines is 1. The normalized spacial score (nSPS) is 27.0. The summed E-state index contributed by atoms with van der Waals surface area (Å²) in [7, 11) is 0. The fourth-order valence-corrected chi connectivity index (χ4v) is 3.88. The molecule has 168 valence electrons. The molecule has 0 spiro atoms. The molecule has 0 bridgehead atoms. The predicted octanol–water partition coefficient (Wildman–Crippen LogP) is 3.34. The Balaban J connectivity index is 1.63. The molecule has 2 aliphatic rings. The van der Waals surface area contributed by atoms with Crippen molar-refractivity contribution >= 4 is 11.7 Å². The lowest BCUT2D eigenvalue weighted by molar-refractivity contribution is -0.185. The summed E-state index contributed by atoms with van der Waals surface area (Å²) in [6, 6.07) is 5.03. The molecule has 2 amide bonds. The molecule has 2 atom stereocenters. The van der Waals surface area contributed by atoms with Gasteiger partial charge >= 0.3 is 18.4 Å². The van der Waals surface area contributed by atoms with Crippen LogP contribution in [0.4, 0.5) is 36.8 Å². The molecular weight excluding hydrogens is 422 g/mol. The van der Waals surface area contributed by atoms with Crippen molar-refractivity contribution in [1.29, 1.82) is 0 Å². The number of aliphatic hydroxyl groups is 1. The number of urea groups is 1. The van der Waals surface area contributed by atoms with Crippen LogP contribution in [0.15, 0.2) is 24.3 Å². The Labute approximate surface area is 167 Å². The first-order valence-electron chi connectivity index (χ1n) is 8.95. The van der Waals surface area contributed by atoms with E-state index in [0.29, 0.717) is 5.69 Å². The fourth-order valence-electron chi connectivity index (χ4n) is 3.88. The molecule has 2 saturated heterocycles. The molecule has 2 fully saturated rings. The quantitative estimate of drug-likeness (QED) is 0.687. The Kier molecular flexibility index (Phi) is 5.61. The lowest BCUT2D eigenvalue weighted by atomic mass is 9.92. The number of rotatable bonds is 6. The van der Waals surface area contributed by atoms with Gasteiger partial charge in [0.15, 0.2) is 6.61 Å². The smallest absolute Gasteiger partial charge is 0.422 e. The maximum Gasteiger partial charge on any atom is 0.422 e. The minimum Gasteiger partial charge on any atom is -0.484 e. The minimum absolute atomic E-state index is 0.00868. The number of hydrogen-bond donors (Lipinski definition) is 1. The highest BCUT2D eigenvalue weighted by Crippen LogP contribution is 2.43. The topological polar surface area (TPSA) is 62.2 Å². The largest absolute Gasteiger partial charge is 0.484 e. The summed E-state index contributed by atoms with van der Waals surface area (Å²) < 4.78 is 82.6. The molecule has 0 aliphatic carbocycles. The zero-order valence-electron chi connectivity index (χ0n) is 15.9. The van der Waals surface area contributed by atoms with Gasteiger partial charge in [-0.3, -0.25) is 4.90 Å². The molecule has 1 aromatic rings. The Morgan fingerprint density at radius 3 is 2.17 bits per heavy atom. The van der Waals surface area contributed by atoms with Crippen molar-refractivity contribution in [1.82, 2.24) is 4.90 Å². The fraction of sp³-hybridized carbons (Fsp3) is 0.611. The van der Waals surface area contributed by atoms with Gasteiger partial charge in [0.05, 0.1) is 25.2 Å². The van der Waals surface area contributed by atoms with Crippen molar-refractivity contribution in [3.63, 3.8) is 0 Å². The number of carbonyl (C=O) groups is 1. The van der Waals surface area contributed by atoms with Crippen molar-refractivity contribution in [2.75, 3.05) is 37.8 Å². The third-order valence-electron chi connectivity index (χ3n) is 4.96. The van der Waals surface area contributed by atoms with E-state index in [2.05, 4.69) is 9.47 Å². The zero-order valence-corrected chi connectivity index (χ0v) is 15.9. The van der Waals surface area contributed by atoms with Crippen LogP contribution >= 0.6 is 0 Å². The van der Waals surface area contributed by atoms with E-state index < -0.39 is 49.3 Å². The SMILES string of the molecule is C[C@]12CN(c3ccc(OCC(F)(F)F)cc3)C(=O)N1C[C@](O)(COCC(F)(F)F)C2. The lowest BCUT2D eigenvalue weighted by Gasteiger charge is -2.26. The van der Waals surface area contributed by atoms with Crippen LogP contribution in [-0.4, -0.2) is 72.4 Å². The highest BCUT2D eigenvalue weighted by Gasteiger charge is 2.58. The van der Waals surface area contributed by atoms with Crippen LogP contribution in [0, 0.1) is 0 Å². The van der Waals surface area contributed by atoms with Gasteiger partial charge in [-0.15, -0.1) is 0 Å². The lowest BCUT2D eigenvalue weighted by Crippen LogP contribution is -2.42. The summed E-state index contributed by atoms with van der Waals surface area (Å²) >= 11 is 0. The van der Waals surface area contributed by atoms with Crippen LogP contribution in [0.5, 0.6) is 5.75 Å². The minimum atomic E-state index is -4.52. The van der Waals surface area contributed by atoms with Gasteiger partial charge in [0.25, 0.3) is 0 Å². The average Bonchev–Trinajstić information content (AvgIpc) is 2.99. The summed E-state index contributed by atoms with van der Waals surface area (Å²) in [4.78, 5) is 15.6. The van der Waals surface area contributed by atoms with E-state index in [9.17, 15) is 36.2 Å². The van der Waals surface area contributed by atoms with E-state index >= 15 is 0 Å². The van der Waals surface area contributed by atoms with Crippen molar-refractivity contribution in [2.24, 2.45) is 0 Å². The van der Waals surface area contributed by atoms with Crippen LogP contribution in [0.2, 0.25) is 0 Å². The summed E-state index contributed by atoms with van der Waals surface area (Å²) in [5.74, 6) is -0.00868. The van der Waals surface area contributed by atoms with Gasteiger partial charge < -0.3 is 19.5 Å². The van der Waals surface area contributed by atoms with Crippen molar-refractivity contribution < 1.29 is 45.7 Å². The number of β-amino-alcohol motifs (C(OH)–C–C–N with tert-alkyl or cyclic N) is 1. The predicted molar refractivity (Wildman–Crippen MR) is 92.3 cm³/mol. The van der Waals surface area contributed by atoms with Crippen molar-refractivity contribution in [3.05, 3.63) is 24.3 Å². The van der Waals surface area contributed by atoms with Gasteiger partial charge in [-0.2, -0.15) is 26.3 Å². The monoisotopic (exact) mass is 442 g/mol. The highest BCUT2D eigenvalue weighted by molar-refractivity contribution is 5.95. The van der Waals surface area contributed by atoms with E-state index in [-0.39, 0.29) is 25.3 Å². The first-order chi connectivity index (χ1) is 13.7. The molecule has 2 heterocycles. The number of amides is 2. The number of nitrogens with zero attached hydrogens (tertiary/aromatic N) is 2. The van der Waals surface area contributed by atoms with E-state index in [0.717, 1.165) is 0 Å². The van der Waals surface area contributed by atoms with Gasteiger partial charge in [0, 0.05) is 12.1 Å². The van der Waals surface area contributed by atoms with Crippen LogP contribution in [0.1, 0.15) is 13.3 Å². The Morgan fingerprint density at radius 2 is 1.63 bits per heavy atom. The number of benzene rings is 1. The summed E-state index contributed by atoms with van der Waals surface area (Å²) in [6.07, 6.45) is -8.96. The third kappa shape index (κ3) is 5.09. The summed E-state index contributed by atoms with van der Waals surface area (Å²) in [5, 5.41) is 10.6. The van der Waals surface area contributed by atoms with E-state index in [1.165, 1.54) is 34.1 Å². The second-order valence-electron chi connectivity index (χ2n) is 7.86. The Morgan fingerprint density at radius 1 is 1.03 bits per heavy atom. The number of carbonyl (C=O) groups excluding carboxylic acids is 1. The number of ether oxygens (including phenoxy) is 2. The molecule has 0 aromatic heterocycles. The number of halogens is 6. The number of alkyl halides is 6. The average molecular weight is 442 g/mol. The molecule has 0 radical (unpaired) electrons. The number of fused-ring (bicyclic) bond motifs is 1. The molecule has 12 heteroatoms. The number of hydrogen-bond acceptors (Lipinski definition) is 4. The van der Waals surface area contributed by atoms with Crippen LogP contribution in [0.25, 0.3) is 0 Å². The molecule has 1 N–H and O–H groups in total. The molecule has 6 nitrogen and oxygen atoms in total. The van der Waals surface area contributed by atoms with Crippen molar-refractivity contribution in [2.45, 2.75) is 36.8 Å². The van der Waals surface area contributed by atoms with E-state index in [4.69, 9.17) is 0 Å². The molecule has 0 saturated carbocycles. The molecule has 2 aliphatic heterocycles. The van der Waals surface area contributed by atoms with Gasteiger partial charge in [0.1, 0.15) is 18.0 Å². The maximum atomic E-state index is 12.8. The van der Waals surface area contributed by atoms with Gasteiger partial charge in [-0.05, 0) is 31.2 Å². The zero-order chi connectivity index (χ0) is 22.4. The van der Waals surface area contributed by atoms with Crippen LogP contribution in [-0.2, 0) is 4.74 Å². The van der Waals surface area contributed by atoms with E-state index in [1.807, 2.05) is 0 Å². The summed E-state index contributed by atoms with van der Waals surface area (Å²) in [5.41, 5.74) is -2.01. The van der Waals surface area contributed by atoms with Crippen LogP contribution in [0.3, 0.4) is 0 Å². The van der Waals surface area contributed by atoms with Gasteiger partial charge in [-0.1, -0.05) is 0 Å². The Hall–Kier alpha value is -2.21. The standard InChI is InChI=1S/C18H20F6N2O4/c1-15-6-16(28,9-29-10-17(19,20)21)8-26(15)14(27)25(7-15)12-2-4-13(5-3-12)30-11-18(22,23)24/h2-5,28H,6-11H2,1H3/t15-,16-/m0/s1. The van der Waals surface area contributed by atoms with Crippen LogP contribution < -0.4 is 9.64 Å².